The molecule has 1 aliphatic heterocycles. The third kappa shape index (κ3) is 4.30. The fourth-order valence-corrected chi connectivity index (χ4v) is 3.39. The van der Waals surface area contributed by atoms with E-state index in [1.807, 2.05) is 31.2 Å². The van der Waals surface area contributed by atoms with Gasteiger partial charge >= 0.3 is 6.09 Å². The molecule has 1 fully saturated rings. The van der Waals surface area contributed by atoms with E-state index in [9.17, 15) is 9.59 Å². The molecule has 1 aromatic carbocycles. The molecule has 2 amide bonds. The SMILES string of the molecule is COC(=O)N1CCC(CNC(=O)c2cc3cc(OC)ccc3nc2C)CC1. The van der Waals surface area contributed by atoms with Gasteiger partial charge in [0, 0.05) is 25.0 Å². The molecular weight excluding hydrogens is 346 g/mol. The monoisotopic (exact) mass is 371 g/mol. The Bertz CT molecular complexity index is 844. The summed E-state index contributed by atoms with van der Waals surface area (Å²) in [6, 6.07) is 7.48. The molecule has 1 aromatic heterocycles. The molecule has 1 aliphatic rings. The van der Waals surface area contributed by atoms with Crippen molar-refractivity contribution in [2.24, 2.45) is 5.92 Å². The molecule has 0 bridgehead atoms. The highest BCUT2D eigenvalue weighted by Gasteiger charge is 2.23. The quantitative estimate of drug-likeness (QED) is 0.894. The topological polar surface area (TPSA) is 80.8 Å². The number of piperidine rings is 1. The van der Waals surface area contributed by atoms with Gasteiger partial charge in [0.1, 0.15) is 5.75 Å². The average molecular weight is 371 g/mol. The fourth-order valence-electron chi connectivity index (χ4n) is 3.39. The van der Waals surface area contributed by atoms with Gasteiger partial charge in [-0.2, -0.15) is 0 Å². The van der Waals surface area contributed by atoms with E-state index in [4.69, 9.17) is 9.47 Å². The molecule has 0 unspecified atom stereocenters. The van der Waals surface area contributed by atoms with Crippen LogP contribution in [0.4, 0.5) is 4.79 Å². The summed E-state index contributed by atoms with van der Waals surface area (Å²) in [5, 5.41) is 3.89. The van der Waals surface area contributed by atoms with E-state index >= 15 is 0 Å². The average Bonchev–Trinajstić information content (AvgIpc) is 2.70. The van der Waals surface area contributed by atoms with Crippen LogP contribution < -0.4 is 10.1 Å². The van der Waals surface area contributed by atoms with E-state index in [0.29, 0.717) is 36.8 Å². The zero-order valence-electron chi connectivity index (χ0n) is 15.9. The van der Waals surface area contributed by atoms with Gasteiger partial charge in [-0.1, -0.05) is 0 Å². The summed E-state index contributed by atoms with van der Waals surface area (Å²) >= 11 is 0. The Kier molecular flexibility index (Phi) is 5.78. The molecule has 27 heavy (non-hydrogen) atoms. The molecule has 7 heteroatoms. The minimum absolute atomic E-state index is 0.125. The lowest BCUT2D eigenvalue weighted by molar-refractivity contribution is 0.0913. The zero-order chi connectivity index (χ0) is 19.4. The molecule has 2 heterocycles. The summed E-state index contributed by atoms with van der Waals surface area (Å²) in [6.07, 6.45) is 1.41. The summed E-state index contributed by atoms with van der Waals surface area (Å²) in [5.41, 5.74) is 2.11. The second kappa shape index (κ2) is 8.24. The lowest BCUT2D eigenvalue weighted by Gasteiger charge is -2.30. The van der Waals surface area contributed by atoms with Crippen molar-refractivity contribution >= 4 is 22.9 Å². The van der Waals surface area contributed by atoms with Crippen LogP contribution in [0.1, 0.15) is 28.9 Å². The Morgan fingerprint density at radius 2 is 1.96 bits per heavy atom. The summed E-state index contributed by atoms with van der Waals surface area (Å²) in [4.78, 5) is 30.4. The van der Waals surface area contributed by atoms with Crippen molar-refractivity contribution in [3.8, 4) is 5.75 Å². The number of pyridine rings is 1. The fraction of sp³-hybridized carbons (Fsp3) is 0.450. The van der Waals surface area contributed by atoms with Gasteiger partial charge in [-0.25, -0.2) is 4.79 Å². The van der Waals surface area contributed by atoms with Crippen molar-refractivity contribution in [1.29, 1.82) is 0 Å². The van der Waals surface area contributed by atoms with Gasteiger partial charge < -0.3 is 19.7 Å². The van der Waals surface area contributed by atoms with Crippen molar-refractivity contribution in [3.05, 3.63) is 35.5 Å². The van der Waals surface area contributed by atoms with Crippen LogP contribution in [0.15, 0.2) is 24.3 Å². The van der Waals surface area contributed by atoms with Crippen molar-refractivity contribution in [2.45, 2.75) is 19.8 Å². The molecule has 3 rings (SSSR count). The molecule has 0 spiro atoms. The molecular formula is C20H25N3O4. The van der Waals surface area contributed by atoms with Crippen LogP contribution >= 0.6 is 0 Å². The first-order valence-electron chi connectivity index (χ1n) is 9.08. The number of likely N-dealkylation sites (tertiary alicyclic amines) is 1. The van der Waals surface area contributed by atoms with Crippen molar-refractivity contribution < 1.29 is 19.1 Å². The lowest BCUT2D eigenvalue weighted by atomic mass is 9.97. The Morgan fingerprint density at radius 1 is 1.22 bits per heavy atom. The number of carbonyl (C=O) groups is 2. The molecule has 1 N–H and O–H groups in total. The number of hydrogen-bond acceptors (Lipinski definition) is 5. The van der Waals surface area contributed by atoms with Crippen molar-refractivity contribution in [3.63, 3.8) is 0 Å². The first kappa shape index (κ1) is 18.9. The molecule has 144 valence electrons. The summed E-state index contributed by atoms with van der Waals surface area (Å²) in [7, 11) is 3.01. The van der Waals surface area contributed by atoms with Crippen LogP contribution in [0.5, 0.6) is 5.75 Å². The largest absolute Gasteiger partial charge is 0.497 e. The number of fused-ring (bicyclic) bond motifs is 1. The van der Waals surface area contributed by atoms with E-state index < -0.39 is 0 Å². The van der Waals surface area contributed by atoms with Crippen molar-refractivity contribution in [1.82, 2.24) is 15.2 Å². The number of carbonyl (C=O) groups excluding carboxylic acids is 2. The van der Waals surface area contributed by atoms with E-state index in [-0.39, 0.29) is 12.0 Å². The minimum atomic E-state index is -0.286. The number of ether oxygens (including phenoxy) is 2. The van der Waals surface area contributed by atoms with E-state index in [1.54, 1.807) is 12.0 Å². The molecule has 0 radical (unpaired) electrons. The maximum Gasteiger partial charge on any atom is 0.409 e. The first-order valence-corrected chi connectivity index (χ1v) is 9.08. The standard InChI is InChI=1S/C20H25N3O4/c1-13-17(11-15-10-16(26-2)4-5-18(15)22-13)19(24)21-12-14-6-8-23(9-7-14)20(25)27-3/h4-5,10-11,14H,6-9,12H2,1-3H3,(H,21,24). The smallest absolute Gasteiger partial charge is 0.409 e. The third-order valence-corrected chi connectivity index (χ3v) is 5.06. The number of nitrogens with one attached hydrogen (secondary N) is 1. The number of methoxy groups -OCH3 is 2. The van der Waals surface area contributed by atoms with E-state index in [0.717, 1.165) is 29.5 Å². The van der Waals surface area contributed by atoms with Gasteiger partial charge in [-0.15, -0.1) is 0 Å². The van der Waals surface area contributed by atoms with Gasteiger partial charge in [0.2, 0.25) is 0 Å². The number of rotatable bonds is 4. The molecule has 7 nitrogen and oxygen atoms in total. The Morgan fingerprint density at radius 3 is 2.63 bits per heavy atom. The second-order valence-electron chi connectivity index (χ2n) is 6.79. The van der Waals surface area contributed by atoms with Gasteiger partial charge in [0.05, 0.1) is 31.0 Å². The molecule has 1 saturated heterocycles. The highest BCUT2D eigenvalue weighted by Crippen LogP contribution is 2.22. The van der Waals surface area contributed by atoms with Gasteiger partial charge in [-0.3, -0.25) is 9.78 Å². The number of aromatic nitrogens is 1. The van der Waals surface area contributed by atoms with E-state index in [1.165, 1.54) is 7.11 Å². The lowest BCUT2D eigenvalue weighted by Crippen LogP contribution is -2.41. The zero-order valence-corrected chi connectivity index (χ0v) is 15.9. The summed E-state index contributed by atoms with van der Waals surface area (Å²) < 4.78 is 10.00. The highest BCUT2D eigenvalue weighted by atomic mass is 16.5. The molecule has 0 atom stereocenters. The third-order valence-electron chi connectivity index (χ3n) is 5.06. The Hall–Kier alpha value is -2.83. The number of hydrogen-bond donors (Lipinski definition) is 1. The summed E-state index contributed by atoms with van der Waals surface area (Å²) in [5.74, 6) is 0.959. The van der Waals surface area contributed by atoms with Crippen molar-refractivity contribution in [2.75, 3.05) is 33.9 Å². The maximum atomic E-state index is 12.7. The highest BCUT2D eigenvalue weighted by molar-refractivity contribution is 5.98. The number of nitrogens with zero attached hydrogens (tertiary/aromatic N) is 2. The van der Waals surface area contributed by atoms with Crippen LogP contribution in [0.25, 0.3) is 10.9 Å². The normalized spacial score (nSPS) is 14.9. The number of aryl methyl sites for hydroxylation is 1. The van der Waals surface area contributed by atoms with Crippen LogP contribution in [0.3, 0.4) is 0 Å². The summed E-state index contributed by atoms with van der Waals surface area (Å²) in [6.45, 7) is 3.74. The van der Waals surface area contributed by atoms with Crippen LogP contribution in [-0.4, -0.2) is 55.7 Å². The predicted molar refractivity (Wildman–Crippen MR) is 102 cm³/mol. The Balaban J connectivity index is 1.63. The first-order chi connectivity index (χ1) is 13.0. The van der Waals surface area contributed by atoms with Gasteiger partial charge in [0.15, 0.2) is 0 Å². The Labute approximate surface area is 158 Å². The van der Waals surface area contributed by atoms with Gasteiger partial charge in [-0.05, 0) is 49.9 Å². The predicted octanol–water partition coefficient (Wildman–Crippen LogP) is 2.76. The van der Waals surface area contributed by atoms with Crippen LogP contribution in [-0.2, 0) is 4.74 Å². The second-order valence-corrected chi connectivity index (χ2v) is 6.79. The minimum Gasteiger partial charge on any atom is -0.497 e. The molecule has 0 aliphatic carbocycles. The van der Waals surface area contributed by atoms with Crippen LogP contribution in [0.2, 0.25) is 0 Å². The van der Waals surface area contributed by atoms with E-state index in [2.05, 4.69) is 10.3 Å². The molecule has 0 saturated carbocycles. The van der Waals surface area contributed by atoms with Gasteiger partial charge in [0.25, 0.3) is 5.91 Å². The van der Waals surface area contributed by atoms with Crippen LogP contribution in [0, 0.1) is 12.8 Å². The molecule has 2 aromatic rings. The number of benzene rings is 1. The maximum absolute atomic E-state index is 12.7. The number of amides is 2.